The third-order valence-corrected chi connectivity index (χ3v) is 3.29. The van der Waals surface area contributed by atoms with Crippen molar-refractivity contribution in [2.75, 3.05) is 20.3 Å². The molecule has 0 radical (unpaired) electrons. The molecule has 0 spiro atoms. The zero-order valence-electron chi connectivity index (χ0n) is 12.8. The Morgan fingerprint density at radius 2 is 1.84 bits per heavy atom. The van der Waals surface area contributed by atoms with Gasteiger partial charge in [0.2, 0.25) is 0 Å². The zero-order valence-corrected chi connectivity index (χ0v) is 12.8. The van der Waals surface area contributed by atoms with Crippen molar-refractivity contribution < 1.29 is 9.47 Å². The summed E-state index contributed by atoms with van der Waals surface area (Å²) in [7, 11) is 1.75. The molecule has 0 heterocycles. The maximum atomic E-state index is 5.74. The number of rotatable bonds is 8. The molecule has 3 heteroatoms. The second-order valence-electron chi connectivity index (χ2n) is 5.69. The first-order valence-corrected chi connectivity index (χ1v) is 6.91. The first kappa shape index (κ1) is 16.0. The van der Waals surface area contributed by atoms with Gasteiger partial charge in [0, 0.05) is 13.2 Å². The van der Waals surface area contributed by atoms with E-state index < -0.39 is 0 Å². The van der Waals surface area contributed by atoms with E-state index >= 15 is 0 Å². The summed E-state index contributed by atoms with van der Waals surface area (Å²) in [4.78, 5) is 0. The Kier molecular flexibility index (Phi) is 6.32. The van der Waals surface area contributed by atoms with Crippen LogP contribution in [-0.4, -0.2) is 31.9 Å². The Morgan fingerprint density at radius 1 is 1.21 bits per heavy atom. The van der Waals surface area contributed by atoms with Gasteiger partial charge in [0.1, 0.15) is 12.4 Å². The van der Waals surface area contributed by atoms with Gasteiger partial charge in [0.05, 0.1) is 5.60 Å². The van der Waals surface area contributed by atoms with Crippen LogP contribution in [0.15, 0.2) is 24.3 Å². The van der Waals surface area contributed by atoms with E-state index in [-0.39, 0.29) is 5.60 Å². The molecular formula is C16H27NO2. The van der Waals surface area contributed by atoms with Crippen molar-refractivity contribution in [3.8, 4) is 5.75 Å². The largest absolute Gasteiger partial charge is 0.492 e. The molecule has 0 saturated heterocycles. The lowest BCUT2D eigenvalue weighted by atomic mass is 10.1. The fourth-order valence-corrected chi connectivity index (χ4v) is 1.64. The van der Waals surface area contributed by atoms with Gasteiger partial charge in [0.25, 0.3) is 0 Å². The van der Waals surface area contributed by atoms with Gasteiger partial charge in [-0.3, -0.25) is 0 Å². The third kappa shape index (κ3) is 6.60. The molecule has 108 valence electrons. The highest BCUT2D eigenvalue weighted by Gasteiger charge is 2.15. The Labute approximate surface area is 117 Å². The molecule has 0 aromatic heterocycles. The van der Waals surface area contributed by atoms with Crippen LogP contribution in [0, 0.1) is 6.92 Å². The molecule has 1 aromatic carbocycles. The summed E-state index contributed by atoms with van der Waals surface area (Å²) in [6.45, 7) is 10.0. The lowest BCUT2D eigenvalue weighted by Gasteiger charge is -2.24. The third-order valence-electron chi connectivity index (χ3n) is 3.29. The molecule has 1 rings (SSSR count). The highest BCUT2D eigenvalue weighted by molar-refractivity contribution is 5.26. The van der Waals surface area contributed by atoms with Crippen molar-refractivity contribution in [2.24, 2.45) is 0 Å². The van der Waals surface area contributed by atoms with Crippen LogP contribution in [0.1, 0.15) is 32.8 Å². The molecule has 0 saturated carbocycles. The minimum Gasteiger partial charge on any atom is -0.492 e. The van der Waals surface area contributed by atoms with Gasteiger partial charge in [-0.15, -0.1) is 0 Å². The van der Waals surface area contributed by atoms with Gasteiger partial charge in [-0.05, 0) is 52.8 Å². The highest BCUT2D eigenvalue weighted by Crippen LogP contribution is 2.13. The molecule has 3 nitrogen and oxygen atoms in total. The molecular weight excluding hydrogens is 238 g/mol. The van der Waals surface area contributed by atoms with Crippen molar-refractivity contribution in [3.05, 3.63) is 29.8 Å². The Morgan fingerprint density at radius 3 is 2.42 bits per heavy atom. The summed E-state index contributed by atoms with van der Waals surface area (Å²) >= 11 is 0. The van der Waals surface area contributed by atoms with Crippen molar-refractivity contribution in [2.45, 2.75) is 45.8 Å². The van der Waals surface area contributed by atoms with Crippen LogP contribution in [0.3, 0.4) is 0 Å². The minimum absolute atomic E-state index is 0.0649. The van der Waals surface area contributed by atoms with Crippen LogP contribution in [0.25, 0.3) is 0 Å². The van der Waals surface area contributed by atoms with Crippen LogP contribution in [-0.2, 0) is 4.74 Å². The number of hydrogen-bond donors (Lipinski definition) is 1. The summed E-state index contributed by atoms with van der Waals surface area (Å²) in [6, 6.07) is 8.48. The summed E-state index contributed by atoms with van der Waals surface area (Å²) in [5.74, 6) is 0.927. The second-order valence-corrected chi connectivity index (χ2v) is 5.69. The highest BCUT2D eigenvalue weighted by atomic mass is 16.5. The maximum Gasteiger partial charge on any atom is 0.119 e. The molecule has 1 atom stereocenters. The fourth-order valence-electron chi connectivity index (χ4n) is 1.64. The van der Waals surface area contributed by atoms with Crippen molar-refractivity contribution in [1.82, 2.24) is 5.32 Å². The average molecular weight is 265 g/mol. The smallest absolute Gasteiger partial charge is 0.119 e. The lowest BCUT2D eigenvalue weighted by molar-refractivity contribution is 0.0151. The van der Waals surface area contributed by atoms with E-state index in [1.165, 1.54) is 5.56 Å². The van der Waals surface area contributed by atoms with Gasteiger partial charge in [-0.25, -0.2) is 0 Å². The predicted octanol–water partition coefficient (Wildman–Crippen LogP) is 3.17. The molecule has 1 aromatic rings. The molecule has 0 aliphatic heterocycles. The van der Waals surface area contributed by atoms with Crippen LogP contribution in [0.2, 0.25) is 0 Å². The van der Waals surface area contributed by atoms with Gasteiger partial charge in [-0.1, -0.05) is 17.7 Å². The Balaban J connectivity index is 2.21. The number of benzene rings is 1. The second kappa shape index (κ2) is 7.51. The lowest BCUT2D eigenvalue weighted by Crippen LogP contribution is -2.36. The van der Waals surface area contributed by atoms with Crippen molar-refractivity contribution >= 4 is 0 Å². The molecule has 1 unspecified atom stereocenters. The molecule has 0 aliphatic carbocycles. The van der Waals surface area contributed by atoms with E-state index in [1.54, 1.807) is 7.11 Å². The van der Waals surface area contributed by atoms with Gasteiger partial charge >= 0.3 is 0 Å². The SMILES string of the molecule is COC(C)(C)CCNC(C)COc1ccc(C)cc1. The van der Waals surface area contributed by atoms with Gasteiger partial charge < -0.3 is 14.8 Å². The summed E-state index contributed by atoms with van der Waals surface area (Å²) in [6.07, 6.45) is 0.984. The first-order chi connectivity index (χ1) is 8.93. The summed E-state index contributed by atoms with van der Waals surface area (Å²) in [5.41, 5.74) is 1.19. The normalized spacial score (nSPS) is 13.3. The van der Waals surface area contributed by atoms with E-state index in [1.807, 2.05) is 12.1 Å². The van der Waals surface area contributed by atoms with E-state index in [2.05, 4.69) is 45.1 Å². The van der Waals surface area contributed by atoms with Crippen LogP contribution in [0.5, 0.6) is 5.75 Å². The zero-order chi connectivity index (χ0) is 14.3. The molecule has 19 heavy (non-hydrogen) atoms. The van der Waals surface area contributed by atoms with Crippen molar-refractivity contribution in [1.29, 1.82) is 0 Å². The monoisotopic (exact) mass is 265 g/mol. The summed E-state index contributed by atoms with van der Waals surface area (Å²) in [5, 5.41) is 3.45. The molecule has 0 amide bonds. The quantitative estimate of drug-likeness (QED) is 0.783. The standard InChI is InChI=1S/C16H27NO2/c1-13-6-8-15(9-7-13)19-12-14(2)17-11-10-16(3,4)18-5/h6-9,14,17H,10-12H2,1-5H3. The van der Waals surface area contributed by atoms with Crippen LogP contribution < -0.4 is 10.1 Å². The molecule has 0 aliphatic rings. The molecule has 0 fully saturated rings. The van der Waals surface area contributed by atoms with Crippen molar-refractivity contribution in [3.63, 3.8) is 0 Å². The van der Waals surface area contributed by atoms with Crippen LogP contribution >= 0.6 is 0 Å². The topological polar surface area (TPSA) is 30.5 Å². The van der Waals surface area contributed by atoms with Gasteiger partial charge in [-0.2, -0.15) is 0 Å². The van der Waals surface area contributed by atoms with Crippen LogP contribution in [0.4, 0.5) is 0 Å². The minimum atomic E-state index is -0.0649. The maximum absolute atomic E-state index is 5.74. The summed E-state index contributed by atoms with van der Waals surface area (Å²) < 4.78 is 11.1. The van der Waals surface area contributed by atoms with E-state index in [9.17, 15) is 0 Å². The number of nitrogens with one attached hydrogen (secondary N) is 1. The number of hydrogen-bond acceptors (Lipinski definition) is 3. The predicted molar refractivity (Wildman–Crippen MR) is 79.8 cm³/mol. The number of ether oxygens (including phenoxy) is 2. The fraction of sp³-hybridized carbons (Fsp3) is 0.625. The number of aryl methyl sites for hydroxylation is 1. The molecule has 1 N–H and O–H groups in total. The molecule has 0 bridgehead atoms. The Hall–Kier alpha value is -1.06. The number of methoxy groups -OCH3 is 1. The van der Waals surface area contributed by atoms with E-state index in [0.29, 0.717) is 12.6 Å². The average Bonchev–Trinajstić information content (AvgIpc) is 2.38. The van der Waals surface area contributed by atoms with E-state index in [0.717, 1.165) is 18.7 Å². The Bertz CT molecular complexity index is 360. The van der Waals surface area contributed by atoms with Gasteiger partial charge in [0.15, 0.2) is 0 Å². The first-order valence-electron chi connectivity index (χ1n) is 6.91. The van der Waals surface area contributed by atoms with E-state index in [4.69, 9.17) is 9.47 Å².